The molecule has 0 saturated carbocycles. The minimum Gasteiger partial charge on any atom is -0.497 e. The van der Waals surface area contributed by atoms with Gasteiger partial charge in [-0.05, 0) is 59.6 Å². The third-order valence-electron chi connectivity index (χ3n) is 5.98. The van der Waals surface area contributed by atoms with Crippen LogP contribution in [0.3, 0.4) is 0 Å². The highest BCUT2D eigenvalue weighted by molar-refractivity contribution is 5.81. The van der Waals surface area contributed by atoms with Crippen molar-refractivity contribution in [3.05, 3.63) is 23.8 Å². The molecular weight excluding hydrogens is 412 g/mol. The van der Waals surface area contributed by atoms with Crippen molar-refractivity contribution in [2.45, 2.75) is 71.4 Å². The van der Waals surface area contributed by atoms with Crippen molar-refractivity contribution in [2.24, 2.45) is 5.92 Å². The van der Waals surface area contributed by atoms with Crippen LogP contribution in [0.2, 0.25) is 0 Å². The van der Waals surface area contributed by atoms with Crippen molar-refractivity contribution >= 4 is 12.0 Å². The molecule has 8 nitrogen and oxygen atoms in total. The Morgan fingerprint density at radius 2 is 1.94 bits per heavy atom. The van der Waals surface area contributed by atoms with Crippen LogP contribution in [0.5, 0.6) is 11.5 Å². The molecule has 1 aromatic carbocycles. The fourth-order valence-corrected chi connectivity index (χ4v) is 4.43. The average molecular weight is 449 g/mol. The second-order valence-electron chi connectivity index (χ2n) is 9.92. The fraction of sp³-hybridized carbons (Fsp3) is 0.667. The van der Waals surface area contributed by atoms with Gasteiger partial charge < -0.3 is 23.8 Å². The van der Waals surface area contributed by atoms with E-state index in [1.165, 1.54) is 0 Å². The summed E-state index contributed by atoms with van der Waals surface area (Å²) in [7, 11) is 3.22. The number of methoxy groups -OCH3 is 2. The zero-order valence-corrected chi connectivity index (χ0v) is 20.3. The molecule has 0 N–H and O–H groups in total. The normalized spacial score (nSPS) is 22.9. The van der Waals surface area contributed by atoms with Crippen molar-refractivity contribution in [3.8, 4) is 11.5 Å². The predicted molar refractivity (Wildman–Crippen MR) is 120 cm³/mol. The average Bonchev–Trinajstić information content (AvgIpc) is 3.20. The first kappa shape index (κ1) is 24.2. The van der Waals surface area contributed by atoms with E-state index in [1.807, 2.05) is 57.7 Å². The van der Waals surface area contributed by atoms with Crippen LogP contribution in [0.25, 0.3) is 0 Å². The van der Waals surface area contributed by atoms with Gasteiger partial charge >= 0.3 is 6.09 Å². The third kappa shape index (κ3) is 5.28. The van der Waals surface area contributed by atoms with Gasteiger partial charge in [0.15, 0.2) is 0 Å². The molecule has 0 aliphatic carbocycles. The molecule has 32 heavy (non-hydrogen) atoms. The van der Waals surface area contributed by atoms with E-state index < -0.39 is 17.4 Å². The highest BCUT2D eigenvalue weighted by atomic mass is 16.6. The number of carbonyl (C=O) groups is 2. The summed E-state index contributed by atoms with van der Waals surface area (Å²) < 4.78 is 22.2. The molecule has 2 heterocycles. The smallest absolute Gasteiger partial charge is 0.412 e. The van der Waals surface area contributed by atoms with E-state index >= 15 is 0 Å². The first-order valence-electron chi connectivity index (χ1n) is 11.1. The summed E-state index contributed by atoms with van der Waals surface area (Å²) in [4.78, 5) is 29.6. The summed E-state index contributed by atoms with van der Waals surface area (Å²) in [6.07, 6.45) is 0.893. The number of ether oxygens (including phenoxy) is 4. The minimum atomic E-state index is -0.773. The zero-order valence-electron chi connectivity index (χ0n) is 20.3. The van der Waals surface area contributed by atoms with E-state index in [2.05, 4.69) is 0 Å². The number of hydrogen-bond acceptors (Lipinski definition) is 6. The van der Waals surface area contributed by atoms with Crippen LogP contribution in [-0.4, -0.2) is 66.5 Å². The van der Waals surface area contributed by atoms with Crippen LogP contribution in [0.4, 0.5) is 4.79 Å². The minimum absolute atomic E-state index is 0.0942. The molecule has 2 aliphatic rings. The molecule has 0 spiro atoms. The van der Waals surface area contributed by atoms with Crippen LogP contribution in [0.1, 0.15) is 53.0 Å². The molecule has 2 atom stereocenters. The SMILES string of the molecule is COc1ccc(CN2CC[C@H](C[C@H]3COC(C)(C)N3C(=O)OC(C)(C)C)C2=O)c(OC)c1. The molecule has 2 fully saturated rings. The van der Waals surface area contributed by atoms with Gasteiger partial charge in [-0.1, -0.05) is 0 Å². The molecule has 8 heteroatoms. The lowest BCUT2D eigenvalue weighted by Crippen LogP contribution is -2.50. The molecule has 1 aromatic rings. The lowest BCUT2D eigenvalue weighted by Gasteiger charge is -2.35. The fourth-order valence-electron chi connectivity index (χ4n) is 4.43. The maximum atomic E-state index is 13.2. The largest absolute Gasteiger partial charge is 0.497 e. The van der Waals surface area contributed by atoms with E-state index in [4.69, 9.17) is 18.9 Å². The number of likely N-dealkylation sites (tertiary alicyclic amines) is 1. The summed E-state index contributed by atoms with van der Waals surface area (Å²) in [5.74, 6) is 1.34. The Bertz CT molecular complexity index is 847. The number of carbonyl (C=O) groups excluding carboxylic acids is 2. The monoisotopic (exact) mass is 448 g/mol. The second-order valence-corrected chi connectivity index (χ2v) is 9.92. The summed E-state index contributed by atoms with van der Waals surface area (Å²) in [6.45, 7) is 10.8. The van der Waals surface area contributed by atoms with Gasteiger partial charge in [0.1, 0.15) is 22.8 Å². The van der Waals surface area contributed by atoms with Crippen LogP contribution < -0.4 is 9.47 Å². The Labute approximate surface area is 190 Å². The topological polar surface area (TPSA) is 77.5 Å². The van der Waals surface area contributed by atoms with E-state index in [-0.39, 0.29) is 17.9 Å². The third-order valence-corrected chi connectivity index (χ3v) is 5.98. The van der Waals surface area contributed by atoms with E-state index in [0.29, 0.717) is 37.6 Å². The predicted octanol–water partition coefficient (Wildman–Crippen LogP) is 3.81. The van der Waals surface area contributed by atoms with E-state index in [9.17, 15) is 9.59 Å². The van der Waals surface area contributed by atoms with Gasteiger partial charge in [0.2, 0.25) is 5.91 Å². The summed E-state index contributed by atoms with van der Waals surface area (Å²) in [6, 6.07) is 5.41. The van der Waals surface area contributed by atoms with Crippen molar-refractivity contribution in [1.29, 1.82) is 0 Å². The van der Waals surface area contributed by atoms with Crippen LogP contribution >= 0.6 is 0 Å². The summed E-state index contributed by atoms with van der Waals surface area (Å²) in [5.41, 5.74) is -0.439. The van der Waals surface area contributed by atoms with Crippen LogP contribution in [0.15, 0.2) is 18.2 Å². The Kier molecular flexibility index (Phi) is 6.93. The van der Waals surface area contributed by atoms with Crippen LogP contribution in [-0.2, 0) is 20.8 Å². The molecule has 3 rings (SSSR count). The lowest BCUT2D eigenvalue weighted by molar-refractivity contribution is -0.132. The Morgan fingerprint density at radius 1 is 1.22 bits per heavy atom. The molecule has 0 unspecified atom stereocenters. The molecule has 0 aromatic heterocycles. The van der Waals surface area contributed by atoms with Crippen molar-refractivity contribution in [2.75, 3.05) is 27.4 Å². The maximum Gasteiger partial charge on any atom is 0.412 e. The lowest BCUT2D eigenvalue weighted by atomic mass is 9.97. The standard InChI is InChI=1S/C24H36N2O6/c1-23(2,3)32-22(28)26-18(15-31-24(26,4)5)12-16-10-11-25(21(16)27)14-17-8-9-19(29-6)13-20(17)30-7/h8-9,13,16,18H,10-12,14-15H2,1-7H3/t16-,18+/m1/s1. The van der Waals surface area contributed by atoms with Crippen molar-refractivity contribution < 1.29 is 28.5 Å². The van der Waals surface area contributed by atoms with Crippen LogP contribution in [0, 0.1) is 5.92 Å². The zero-order chi connectivity index (χ0) is 23.7. The number of amides is 2. The summed E-state index contributed by atoms with van der Waals surface area (Å²) >= 11 is 0. The number of rotatable bonds is 6. The Hall–Kier alpha value is -2.48. The van der Waals surface area contributed by atoms with Gasteiger partial charge in [-0.2, -0.15) is 0 Å². The van der Waals surface area contributed by atoms with Gasteiger partial charge in [0, 0.05) is 30.6 Å². The molecule has 2 aliphatic heterocycles. The number of benzene rings is 1. The highest BCUT2D eigenvalue weighted by Crippen LogP contribution is 2.35. The second kappa shape index (κ2) is 9.17. The molecular formula is C24H36N2O6. The molecule has 2 amide bonds. The Morgan fingerprint density at radius 3 is 2.56 bits per heavy atom. The van der Waals surface area contributed by atoms with Crippen molar-refractivity contribution in [3.63, 3.8) is 0 Å². The van der Waals surface area contributed by atoms with E-state index in [1.54, 1.807) is 19.1 Å². The van der Waals surface area contributed by atoms with E-state index in [0.717, 1.165) is 12.0 Å². The van der Waals surface area contributed by atoms with Crippen molar-refractivity contribution in [1.82, 2.24) is 9.80 Å². The number of nitrogens with zero attached hydrogens (tertiary/aromatic N) is 2. The summed E-state index contributed by atoms with van der Waals surface area (Å²) in [5, 5.41) is 0. The molecule has 0 radical (unpaired) electrons. The van der Waals surface area contributed by atoms with Gasteiger partial charge in [-0.3, -0.25) is 9.69 Å². The first-order chi connectivity index (χ1) is 14.9. The molecule has 178 valence electrons. The highest BCUT2D eigenvalue weighted by Gasteiger charge is 2.47. The molecule has 2 saturated heterocycles. The maximum absolute atomic E-state index is 13.2. The van der Waals surface area contributed by atoms with Gasteiger partial charge in [-0.15, -0.1) is 0 Å². The van der Waals surface area contributed by atoms with Gasteiger partial charge in [0.25, 0.3) is 0 Å². The first-order valence-corrected chi connectivity index (χ1v) is 11.1. The van der Waals surface area contributed by atoms with Gasteiger partial charge in [-0.25, -0.2) is 4.79 Å². The Balaban J connectivity index is 1.67. The van der Waals surface area contributed by atoms with Gasteiger partial charge in [0.05, 0.1) is 26.9 Å². The number of hydrogen-bond donors (Lipinski definition) is 0. The quantitative estimate of drug-likeness (QED) is 0.659. The molecule has 0 bridgehead atoms.